The number of pyridine rings is 1. The topological polar surface area (TPSA) is 12.9 Å². The van der Waals surface area contributed by atoms with Gasteiger partial charge in [0.2, 0.25) is 0 Å². The fraction of sp³-hybridized carbons (Fsp3) is 0.214. The first-order valence-electron chi connectivity index (χ1n) is 5.83. The van der Waals surface area contributed by atoms with Gasteiger partial charge in [-0.15, -0.1) is 0 Å². The van der Waals surface area contributed by atoms with Crippen LogP contribution in [0.15, 0.2) is 44.9 Å². The smallest absolute Gasteiger partial charge is 0.119 e. The number of halogens is 2. The molecule has 1 aliphatic carbocycles. The van der Waals surface area contributed by atoms with Crippen LogP contribution >= 0.6 is 39.3 Å². The summed E-state index contributed by atoms with van der Waals surface area (Å²) >= 11 is 11.2. The van der Waals surface area contributed by atoms with Gasteiger partial charge >= 0.3 is 0 Å². The maximum absolute atomic E-state index is 6.18. The molecule has 4 heteroatoms. The van der Waals surface area contributed by atoms with E-state index in [9.17, 15) is 0 Å². The molecule has 0 N–H and O–H groups in total. The van der Waals surface area contributed by atoms with Gasteiger partial charge in [-0.1, -0.05) is 29.4 Å². The number of aryl methyl sites for hydroxylation is 2. The van der Waals surface area contributed by atoms with Crippen molar-refractivity contribution in [2.45, 2.75) is 29.2 Å². The van der Waals surface area contributed by atoms with Crippen molar-refractivity contribution in [1.82, 2.24) is 4.98 Å². The fourth-order valence-corrected chi connectivity index (χ4v) is 3.77. The number of rotatable bonds is 2. The monoisotopic (exact) mass is 339 g/mol. The molecule has 0 fully saturated rings. The van der Waals surface area contributed by atoms with Gasteiger partial charge in [0.1, 0.15) is 5.03 Å². The zero-order chi connectivity index (χ0) is 12.5. The molecular weight excluding hydrogens is 330 g/mol. The SMILES string of the molecule is Clc1cc(Br)cnc1Sc1ccc2c(c1)CCC2. The Morgan fingerprint density at radius 3 is 2.83 bits per heavy atom. The van der Waals surface area contributed by atoms with Gasteiger partial charge in [0.15, 0.2) is 0 Å². The summed E-state index contributed by atoms with van der Waals surface area (Å²) in [7, 11) is 0. The molecule has 0 radical (unpaired) electrons. The minimum absolute atomic E-state index is 0.690. The fourth-order valence-electron chi connectivity index (χ4n) is 2.20. The molecule has 0 bridgehead atoms. The van der Waals surface area contributed by atoms with E-state index in [0.717, 1.165) is 9.50 Å². The van der Waals surface area contributed by atoms with Crippen LogP contribution in [0.4, 0.5) is 0 Å². The van der Waals surface area contributed by atoms with Crippen LogP contribution < -0.4 is 0 Å². The molecule has 0 spiro atoms. The number of benzene rings is 1. The lowest BCUT2D eigenvalue weighted by atomic mass is 10.1. The Labute approximate surface area is 124 Å². The summed E-state index contributed by atoms with van der Waals surface area (Å²) in [6, 6.07) is 8.55. The summed E-state index contributed by atoms with van der Waals surface area (Å²) in [5, 5.41) is 1.55. The third kappa shape index (κ3) is 2.58. The van der Waals surface area contributed by atoms with Crippen molar-refractivity contribution < 1.29 is 0 Å². The number of aromatic nitrogens is 1. The molecule has 1 aliphatic rings. The van der Waals surface area contributed by atoms with E-state index in [1.807, 2.05) is 6.07 Å². The normalized spacial score (nSPS) is 13.7. The van der Waals surface area contributed by atoms with Crippen molar-refractivity contribution >= 4 is 39.3 Å². The highest BCUT2D eigenvalue weighted by atomic mass is 79.9. The predicted octanol–water partition coefficient (Wildman–Crippen LogP) is 5.14. The Morgan fingerprint density at radius 1 is 1.17 bits per heavy atom. The van der Waals surface area contributed by atoms with Crippen molar-refractivity contribution in [2.75, 3.05) is 0 Å². The van der Waals surface area contributed by atoms with Crippen LogP contribution in [0, 0.1) is 0 Å². The first-order valence-corrected chi connectivity index (χ1v) is 7.82. The molecule has 0 unspecified atom stereocenters. The van der Waals surface area contributed by atoms with E-state index in [-0.39, 0.29) is 0 Å². The Balaban J connectivity index is 1.88. The third-order valence-corrected chi connectivity index (χ3v) is 4.90. The molecule has 0 aliphatic heterocycles. The standard InChI is InChI=1S/C14H11BrClNS/c15-11-7-13(16)14(17-8-11)18-12-5-4-9-2-1-3-10(9)6-12/h4-8H,1-3H2. The molecule has 18 heavy (non-hydrogen) atoms. The van der Waals surface area contributed by atoms with Crippen LogP contribution in [-0.4, -0.2) is 4.98 Å². The lowest BCUT2D eigenvalue weighted by molar-refractivity contribution is 0.911. The van der Waals surface area contributed by atoms with Gasteiger partial charge in [-0.2, -0.15) is 0 Å². The minimum atomic E-state index is 0.690. The lowest BCUT2D eigenvalue weighted by Crippen LogP contribution is -1.85. The number of fused-ring (bicyclic) bond motifs is 1. The Kier molecular flexibility index (Phi) is 3.64. The molecule has 0 amide bonds. The molecule has 0 saturated heterocycles. The van der Waals surface area contributed by atoms with Gasteiger partial charge in [0, 0.05) is 15.6 Å². The number of hydrogen-bond acceptors (Lipinski definition) is 2. The van der Waals surface area contributed by atoms with Crippen LogP contribution in [-0.2, 0) is 12.8 Å². The summed E-state index contributed by atoms with van der Waals surface area (Å²) in [6.45, 7) is 0. The van der Waals surface area contributed by atoms with Gasteiger partial charge in [-0.3, -0.25) is 0 Å². The highest BCUT2D eigenvalue weighted by Gasteiger charge is 2.12. The molecule has 1 nitrogen and oxygen atoms in total. The summed E-state index contributed by atoms with van der Waals surface area (Å²) in [5.41, 5.74) is 2.97. The Bertz CT molecular complexity index is 600. The van der Waals surface area contributed by atoms with Crippen LogP contribution in [0.2, 0.25) is 5.02 Å². The molecule has 2 aromatic rings. The summed E-state index contributed by atoms with van der Waals surface area (Å²) in [4.78, 5) is 5.57. The van der Waals surface area contributed by atoms with Crippen LogP contribution in [0.3, 0.4) is 0 Å². The van der Waals surface area contributed by atoms with Gasteiger partial charge < -0.3 is 0 Å². The van der Waals surface area contributed by atoms with Crippen LogP contribution in [0.25, 0.3) is 0 Å². The Morgan fingerprint density at radius 2 is 2.00 bits per heavy atom. The van der Waals surface area contributed by atoms with Gasteiger partial charge in [0.25, 0.3) is 0 Å². The molecule has 3 rings (SSSR count). The van der Waals surface area contributed by atoms with Crippen LogP contribution in [0.1, 0.15) is 17.5 Å². The summed E-state index contributed by atoms with van der Waals surface area (Å²) in [6.07, 6.45) is 5.48. The highest BCUT2D eigenvalue weighted by Crippen LogP contribution is 2.35. The average molecular weight is 341 g/mol. The van der Waals surface area contributed by atoms with Crippen molar-refractivity contribution in [2.24, 2.45) is 0 Å². The second-order valence-corrected chi connectivity index (χ2v) is 6.71. The van der Waals surface area contributed by atoms with Gasteiger partial charge in [-0.25, -0.2) is 4.98 Å². The molecule has 1 heterocycles. The van der Waals surface area contributed by atoms with E-state index in [2.05, 4.69) is 39.1 Å². The molecular formula is C14H11BrClNS. The van der Waals surface area contributed by atoms with Crippen molar-refractivity contribution in [1.29, 1.82) is 0 Å². The summed E-state index contributed by atoms with van der Waals surface area (Å²) in [5.74, 6) is 0. The van der Waals surface area contributed by atoms with Crippen molar-refractivity contribution in [3.8, 4) is 0 Å². The quantitative estimate of drug-likeness (QED) is 0.751. The second-order valence-electron chi connectivity index (χ2n) is 4.33. The highest BCUT2D eigenvalue weighted by molar-refractivity contribution is 9.10. The minimum Gasteiger partial charge on any atom is -0.247 e. The van der Waals surface area contributed by atoms with E-state index >= 15 is 0 Å². The van der Waals surface area contributed by atoms with E-state index in [1.54, 1.807) is 18.0 Å². The first-order chi connectivity index (χ1) is 8.72. The maximum atomic E-state index is 6.18. The third-order valence-electron chi connectivity index (χ3n) is 3.06. The molecule has 92 valence electrons. The maximum Gasteiger partial charge on any atom is 0.119 e. The van der Waals surface area contributed by atoms with E-state index in [4.69, 9.17) is 11.6 Å². The van der Waals surface area contributed by atoms with Gasteiger partial charge in [-0.05, 0) is 64.5 Å². The molecule has 1 aromatic carbocycles. The zero-order valence-electron chi connectivity index (χ0n) is 9.62. The van der Waals surface area contributed by atoms with Crippen LogP contribution in [0.5, 0.6) is 0 Å². The van der Waals surface area contributed by atoms with Crippen molar-refractivity contribution in [3.63, 3.8) is 0 Å². The van der Waals surface area contributed by atoms with E-state index in [0.29, 0.717) is 5.02 Å². The van der Waals surface area contributed by atoms with Crippen molar-refractivity contribution in [3.05, 3.63) is 51.1 Å². The zero-order valence-corrected chi connectivity index (χ0v) is 12.8. The molecule has 1 aromatic heterocycles. The predicted molar refractivity (Wildman–Crippen MR) is 79.5 cm³/mol. The molecule has 0 atom stereocenters. The molecule has 0 saturated carbocycles. The summed E-state index contributed by atoms with van der Waals surface area (Å²) < 4.78 is 0.908. The second kappa shape index (κ2) is 5.24. The number of nitrogens with zero attached hydrogens (tertiary/aromatic N) is 1. The Hall–Kier alpha value is -0.510. The van der Waals surface area contributed by atoms with E-state index < -0.39 is 0 Å². The largest absolute Gasteiger partial charge is 0.247 e. The van der Waals surface area contributed by atoms with E-state index in [1.165, 1.54) is 35.3 Å². The van der Waals surface area contributed by atoms with Gasteiger partial charge in [0.05, 0.1) is 5.02 Å². The lowest BCUT2D eigenvalue weighted by Gasteiger charge is -2.06. The number of hydrogen-bond donors (Lipinski definition) is 0. The first kappa shape index (κ1) is 12.5. The average Bonchev–Trinajstić information content (AvgIpc) is 2.80.